The summed E-state index contributed by atoms with van der Waals surface area (Å²) < 4.78 is 0. The van der Waals surface area contributed by atoms with E-state index in [2.05, 4.69) is 11.9 Å². The molecule has 1 unspecified atom stereocenters. The summed E-state index contributed by atoms with van der Waals surface area (Å²) in [7, 11) is 0. The summed E-state index contributed by atoms with van der Waals surface area (Å²) in [5.41, 5.74) is 1.79. The van der Waals surface area contributed by atoms with Crippen LogP contribution >= 0.6 is 23.4 Å². The highest BCUT2D eigenvalue weighted by Gasteiger charge is 2.12. The van der Waals surface area contributed by atoms with Gasteiger partial charge in [-0.05, 0) is 25.0 Å². The van der Waals surface area contributed by atoms with Crippen LogP contribution < -0.4 is 0 Å². The number of aryl methyl sites for hydroxylation is 1. The summed E-state index contributed by atoms with van der Waals surface area (Å²) in [6.07, 6.45) is 0. The number of nitro benzene ring substituents is 1. The molecule has 0 aliphatic heterocycles. The van der Waals surface area contributed by atoms with Crippen LogP contribution in [0.15, 0.2) is 29.2 Å². The van der Waals surface area contributed by atoms with Gasteiger partial charge < -0.3 is 0 Å². The number of pyridine rings is 1. The number of benzene rings is 1. The van der Waals surface area contributed by atoms with Gasteiger partial charge in [0.25, 0.3) is 5.69 Å². The fourth-order valence-corrected chi connectivity index (χ4v) is 3.21. The van der Waals surface area contributed by atoms with Gasteiger partial charge in [-0.3, -0.25) is 15.1 Å². The molecule has 2 rings (SSSR count). The summed E-state index contributed by atoms with van der Waals surface area (Å²) in [5, 5.41) is 11.7. The third-order valence-electron chi connectivity index (χ3n) is 2.88. The summed E-state index contributed by atoms with van der Waals surface area (Å²) >= 11 is 7.49. The minimum Gasteiger partial charge on any atom is -0.258 e. The minimum atomic E-state index is -0.380. The number of hydrogen-bond donors (Lipinski definition) is 0. The molecule has 0 saturated heterocycles. The first kappa shape index (κ1) is 15.1. The molecule has 0 bridgehead atoms. The highest BCUT2D eigenvalue weighted by molar-refractivity contribution is 7.99. The van der Waals surface area contributed by atoms with Crippen molar-refractivity contribution in [2.24, 2.45) is 5.92 Å². The van der Waals surface area contributed by atoms with Crippen molar-refractivity contribution in [3.05, 3.63) is 40.1 Å². The van der Waals surface area contributed by atoms with Crippen LogP contribution in [0.1, 0.15) is 12.6 Å². The van der Waals surface area contributed by atoms with E-state index in [4.69, 9.17) is 11.6 Å². The Morgan fingerprint density at radius 3 is 2.85 bits per heavy atom. The summed E-state index contributed by atoms with van der Waals surface area (Å²) in [5.74, 6) is 1.88. The first-order valence-electron chi connectivity index (χ1n) is 6.26. The maximum atomic E-state index is 10.9. The molecule has 0 spiro atoms. The Morgan fingerprint density at radius 2 is 2.20 bits per heavy atom. The molecule has 1 atom stereocenters. The molecule has 0 aliphatic carbocycles. The zero-order valence-corrected chi connectivity index (χ0v) is 12.9. The Bertz CT molecular complexity index is 648. The van der Waals surface area contributed by atoms with Crippen LogP contribution in [0.4, 0.5) is 5.69 Å². The van der Waals surface area contributed by atoms with Crippen molar-refractivity contribution in [3.8, 4) is 0 Å². The molecular weight excluding hydrogens is 296 g/mol. The molecule has 4 nitrogen and oxygen atoms in total. The summed E-state index contributed by atoms with van der Waals surface area (Å²) in [6.45, 7) is 4.01. The predicted molar refractivity (Wildman–Crippen MR) is 83.7 cm³/mol. The minimum absolute atomic E-state index is 0.0930. The quantitative estimate of drug-likeness (QED) is 0.355. The van der Waals surface area contributed by atoms with Gasteiger partial charge >= 0.3 is 0 Å². The van der Waals surface area contributed by atoms with Gasteiger partial charge in [0.2, 0.25) is 0 Å². The van der Waals surface area contributed by atoms with Crippen molar-refractivity contribution in [2.75, 3.05) is 11.6 Å². The molecule has 6 heteroatoms. The van der Waals surface area contributed by atoms with E-state index in [9.17, 15) is 10.1 Å². The molecule has 1 aromatic carbocycles. The monoisotopic (exact) mass is 310 g/mol. The number of thioether (sulfide) groups is 1. The zero-order valence-electron chi connectivity index (χ0n) is 11.3. The van der Waals surface area contributed by atoms with E-state index in [0.29, 0.717) is 11.8 Å². The van der Waals surface area contributed by atoms with Gasteiger partial charge in [-0.1, -0.05) is 6.92 Å². The second-order valence-corrected chi connectivity index (χ2v) is 6.16. The Balaban J connectivity index is 2.44. The Morgan fingerprint density at radius 1 is 1.45 bits per heavy atom. The number of nitro groups is 1. The normalized spacial score (nSPS) is 12.6. The van der Waals surface area contributed by atoms with E-state index in [1.165, 1.54) is 6.07 Å². The first-order chi connectivity index (χ1) is 9.51. The standard InChI is InChI=1S/C14H15ClN2O2S/c1-9(7-15)8-20-14-5-10(2)16-13-4-3-11(17(18)19)6-12(13)14/h3-6,9H,7-8H2,1-2H3. The lowest BCUT2D eigenvalue weighted by atomic mass is 10.2. The van der Waals surface area contributed by atoms with Crippen LogP contribution in [0.3, 0.4) is 0 Å². The lowest BCUT2D eigenvalue weighted by molar-refractivity contribution is -0.384. The van der Waals surface area contributed by atoms with Crippen LogP contribution in [0.2, 0.25) is 0 Å². The molecule has 2 aromatic rings. The van der Waals surface area contributed by atoms with E-state index >= 15 is 0 Å². The molecule has 0 fully saturated rings. The summed E-state index contributed by atoms with van der Waals surface area (Å²) in [4.78, 5) is 16.0. The Labute approximate surface area is 126 Å². The lowest BCUT2D eigenvalue weighted by Crippen LogP contribution is -1.99. The van der Waals surface area contributed by atoms with Crippen LogP contribution in [-0.2, 0) is 0 Å². The molecule has 106 valence electrons. The van der Waals surface area contributed by atoms with Crippen LogP contribution in [0, 0.1) is 23.0 Å². The average molecular weight is 311 g/mol. The molecule has 0 radical (unpaired) electrons. The van der Waals surface area contributed by atoms with Gasteiger partial charge in [0.05, 0.1) is 10.4 Å². The van der Waals surface area contributed by atoms with Crippen LogP contribution in [0.25, 0.3) is 10.9 Å². The van der Waals surface area contributed by atoms with E-state index in [0.717, 1.165) is 27.2 Å². The fraction of sp³-hybridized carbons (Fsp3) is 0.357. The second kappa shape index (κ2) is 6.41. The Kier molecular flexibility index (Phi) is 4.83. The molecule has 20 heavy (non-hydrogen) atoms. The van der Waals surface area contributed by atoms with Crippen molar-refractivity contribution in [3.63, 3.8) is 0 Å². The molecule has 0 saturated carbocycles. The third kappa shape index (κ3) is 3.41. The maximum absolute atomic E-state index is 10.9. The van der Waals surface area contributed by atoms with Crippen molar-refractivity contribution in [1.29, 1.82) is 0 Å². The second-order valence-electron chi connectivity index (χ2n) is 4.79. The Hall–Kier alpha value is -1.33. The molecule has 1 heterocycles. The van der Waals surface area contributed by atoms with Crippen LogP contribution in [0.5, 0.6) is 0 Å². The zero-order chi connectivity index (χ0) is 14.7. The van der Waals surface area contributed by atoms with E-state index in [1.807, 2.05) is 13.0 Å². The molecule has 0 amide bonds. The number of rotatable bonds is 5. The fourth-order valence-electron chi connectivity index (χ4n) is 1.82. The maximum Gasteiger partial charge on any atom is 0.270 e. The SMILES string of the molecule is Cc1cc(SCC(C)CCl)c2cc([N+](=O)[O-])ccc2n1. The molecule has 1 aromatic heterocycles. The largest absolute Gasteiger partial charge is 0.270 e. The average Bonchev–Trinajstić information content (AvgIpc) is 2.43. The van der Waals surface area contributed by atoms with Gasteiger partial charge in [-0.15, -0.1) is 23.4 Å². The third-order valence-corrected chi connectivity index (χ3v) is 4.79. The molecule has 0 N–H and O–H groups in total. The lowest BCUT2D eigenvalue weighted by Gasteiger charge is -2.10. The van der Waals surface area contributed by atoms with Gasteiger partial charge in [-0.2, -0.15) is 0 Å². The number of non-ortho nitro benzene ring substituents is 1. The number of hydrogen-bond acceptors (Lipinski definition) is 4. The van der Waals surface area contributed by atoms with E-state index in [1.54, 1.807) is 23.9 Å². The van der Waals surface area contributed by atoms with Crippen molar-refractivity contribution < 1.29 is 4.92 Å². The highest BCUT2D eigenvalue weighted by Crippen LogP contribution is 2.31. The number of nitrogens with zero attached hydrogens (tertiary/aromatic N) is 2. The summed E-state index contributed by atoms with van der Waals surface area (Å²) in [6, 6.07) is 6.76. The van der Waals surface area contributed by atoms with Crippen LogP contribution in [-0.4, -0.2) is 21.5 Å². The van der Waals surface area contributed by atoms with Crippen molar-refractivity contribution in [2.45, 2.75) is 18.7 Å². The molecular formula is C14H15ClN2O2S. The number of fused-ring (bicyclic) bond motifs is 1. The van der Waals surface area contributed by atoms with Crippen molar-refractivity contribution in [1.82, 2.24) is 4.98 Å². The van der Waals surface area contributed by atoms with E-state index in [-0.39, 0.29) is 10.6 Å². The van der Waals surface area contributed by atoms with Gasteiger partial charge in [0, 0.05) is 39.7 Å². The molecule has 0 aliphatic rings. The van der Waals surface area contributed by atoms with Gasteiger partial charge in [0.15, 0.2) is 0 Å². The smallest absolute Gasteiger partial charge is 0.258 e. The number of alkyl halides is 1. The van der Waals surface area contributed by atoms with Gasteiger partial charge in [0.1, 0.15) is 0 Å². The van der Waals surface area contributed by atoms with Gasteiger partial charge in [-0.25, -0.2) is 0 Å². The number of aromatic nitrogens is 1. The topological polar surface area (TPSA) is 56.0 Å². The predicted octanol–water partition coefficient (Wildman–Crippen LogP) is 4.42. The van der Waals surface area contributed by atoms with Crippen molar-refractivity contribution >= 4 is 40.0 Å². The highest BCUT2D eigenvalue weighted by atomic mass is 35.5. The van der Waals surface area contributed by atoms with E-state index < -0.39 is 0 Å². The first-order valence-corrected chi connectivity index (χ1v) is 7.78. The number of halogens is 1.